The molecule has 134 valence electrons. The van der Waals surface area contributed by atoms with Crippen molar-refractivity contribution in [3.63, 3.8) is 0 Å². The summed E-state index contributed by atoms with van der Waals surface area (Å²) in [5.41, 5.74) is 0.970. The second kappa shape index (κ2) is 9.15. The Morgan fingerprint density at radius 3 is 2.72 bits per heavy atom. The number of halogens is 1. The molecular weight excluding hydrogens is 359 g/mol. The predicted octanol–water partition coefficient (Wildman–Crippen LogP) is 3.83. The fourth-order valence-electron chi connectivity index (χ4n) is 2.76. The van der Waals surface area contributed by atoms with Gasteiger partial charge in [0.1, 0.15) is 5.82 Å². The average Bonchev–Trinajstić information content (AvgIpc) is 3.08. The van der Waals surface area contributed by atoms with Gasteiger partial charge in [0.25, 0.3) is 0 Å². The minimum atomic E-state index is -0.246. The van der Waals surface area contributed by atoms with Crippen molar-refractivity contribution in [2.24, 2.45) is 0 Å². The van der Waals surface area contributed by atoms with Crippen molar-refractivity contribution in [1.82, 2.24) is 15.5 Å². The van der Waals surface area contributed by atoms with Crippen molar-refractivity contribution in [3.8, 4) is 0 Å². The Morgan fingerprint density at radius 1 is 1.20 bits per heavy atom. The molecule has 0 aliphatic heterocycles. The number of carbonyl (C=O) groups excluding carboxylic acids is 1. The average molecular weight is 381 g/mol. The summed E-state index contributed by atoms with van der Waals surface area (Å²) >= 11 is 2.82. The van der Waals surface area contributed by atoms with Gasteiger partial charge in [-0.15, -0.1) is 10.2 Å². The predicted molar refractivity (Wildman–Crippen MR) is 99.4 cm³/mol. The second-order valence-corrected chi connectivity index (χ2v) is 8.24. The molecule has 25 heavy (non-hydrogen) atoms. The van der Waals surface area contributed by atoms with Gasteiger partial charge in [0, 0.05) is 12.6 Å². The van der Waals surface area contributed by atoms with Gasteiger partial charge in [-0.05, 0) is 30.5 Å². The van der Waals surface area contributed by atoms with Crippen molar-refractivity contribution in [2.75, 3.05) is 11.1 Å². The lowest BCUT2D eigenvalue weighted by Gasteiger charge is -2.22. The van der Waals surface area contributed by atoms with Crippen LogP contribution < -0.4 is 10.6 Å². The number of benzene rings is 1. The number of nitrogens with zero attached hydrogens (tertiary/aromatic N) is 2. The lowest BCUT2D eigenvalue weighted by atomic mass is 9.95. The van der Waals surface area contributed by atoms with E-state index >= 15 is 0 Å². The number of rotatable bonds is 7. The van der Waals surface area contributed by atoms with E-state index in [1.807, 2.05) is 0 Å². The SMILES string of the molecule is O=C(CSc1nnc(NCc2ccc(F)cc2)s1)NC1CCCCC1. The standard InChI is InChI=1S/C17H21FN4OS2/c18-13-8-6-12(7-9-13)10-19-16-21-22-17(25-16)24-11-15(23)20-14-4-2-1-3-5-14/h6-9,14H,1-5,10-11H2,(H,19,21)(H,20,23). The molecule has 0 unspecified atom stereocenters. The first-order chi connectivity index (χ1) is 12.2. The normalized spacial score (nSPS) is 15.1. The Labute approximate surface area is 154 Å². The van der Waals surface area contributed by atoms with E-state index in [9.17, 15) is 9.18 Å². The first-order valence-corrected chi connectivity index (χ1v) is 10.2. The molecule has 5 nitrogen and oxygen atoms in total. The molecular formula is C17H21FN4OS2. The topological polar surface area (TPSA) is 66.9 Å². The van der Waals surface area contributed by atoms with Gasteiger partial charge in [-0.3, -0.25) is 4.79 Å². The Hall–Kier alpha value is -1.67. The van der Waals surface area contributed by atoms with Gasteiger partial charge in [0.15, 0.2) is 4.34 Å². The quantitative estimate of drug-likeness (QED) is 0.715. The number of hydrogen-bond acceptors (Lipinski definition) is 6. The fraction of sp³-hybridized carbons (Fsp3) is 0.471. The highest BCUT2D eigenvalue weighted by Crippen LogP contribution is 2.26. The van der Waals surface area contributed by atoms with Gasteiger partial charge in [-0.2, -0.15) is 0 Å². The molecule has 1 aromatic carbocycles. The van der Waals surface area contributed by atoms with Crippen molar-refractivity contribution < 1.29 is 9.18 Å². The maximum atomic E-state index is 12.9. The highest BCUT2D eigenvalue weighted by molar-refractivity contribution is 8.01. The smallest absolute Gasteiger partial charge is 0.230 e. The fourth-order valence-corrected chi connectivity index (χ4v) is 4.32. The largest absolute Gasteiger partial charge is 0.356 e. The van der Waals surface area contributed by atoms with Crippen LogP contribution in [0, 0.1) is 5.82 Å². The first kappa shape index (κ1) is 18.1. The van der Waals surface area contributed by atoms with E-state index in [2.05, 4.69) is 20.8 Å². The molecule has 1 heterocycles. The number of aromatic nitrogens is 2. The summed E-state index contributed by atoms with van der Waals surface area (Å²) < 4.78 is 13.6. The highest BCUT2D eigenvalue weighted by atomic mass is 32.2. The molecule has 0 spiro atoms. The third kappa shape index (κ3) is 5.97. The molecule has 0 atom stereocenters. The van der Waals surface area contributed by atoms with Crippen LogP contribution in [0.1, 0.15) is 37.7 Å². The lowest BCUT2D eigenvalue weighted by Crippen LogP contribution is -2.37. The minimum absolute atomic E-state index is 0.0629. The van der Waals surface area contributed by atoms with Gasteiger partial charge >= 0.3 is 0 Å². The lowest BCUT2D eigenvalue weighted by molar-refractivity contribution is -0.119. The first-order valence-electron chi connectivity index (χ1n) is 8.43. The second-order valence-electron chi connectivity index (χ2n) is 6.04. The van der Waals surface area contributed by atoms with E-state index in [0.717, 1.165) is 22.7 Å². The summed E-state index contributed by atoms with van der Waals surface area (Å²) in [5.74, 6) is 0.182. The van der Waals surface area contributed by atoms with Crippen LogP contribution in [0.15, 0.2) is 28.6 Å². The number of hydrogen-bond donors (Lipinski definition) is 2. The zero-order valence-corrected chi connectivity index (χ0v) is 15.5. The van der Waals surface area contributed by atoms with Gasteiger partial charge < -0.3 is 10.6 Å². The summed E-state index contributed by atoms with van der Waals surface area (Å²) in [4.78, 5) is 12.0. The monoisotopic (exact) mass is 380 g/mol. The van der Waals surface area contributed by atoms with Gasteiger partial charge in [0.05, 0.1) is 5.75 Å². The third-order valence-corrected chi connectivity index (χ3v) is 6.07. The van der Waals surface area contributed by atoms with Crippen LogP contribution in [0.2, 0.25) is 0 Å². The van der Waals surface area contributed by atoms with Crippen molar-refractivity contribution in [1.29, 1.82) is 0 Å². The van der Waals surface area contributed by atoms with E-state index in [4.69, 9.17) is 0 Å². The molecule has 2 aromatic rings. The zero-order chi connectivity index (χ0) is 17.5. The van der Waals surface area contributed by atoms with Gasteiger partial charge in [-0.25, -0.2) is 4.39 Å². The Balaban J connectivity index is 1.40. The van der Waals surface area contributed by atoms with Crippen LogP contribution in [0.3, 0.4) is 0 Å². The molecule has 0 saturated heterocycles. The maximum absolute atomic E-state index is 12.9. The Bertz CT molecular complexity index is 686. The molecule has 0 radical (unpaired) electrons. The number of carbonyl (C=O) groups is 1. The van der Waals surface area contributed by atoms with E-state index in [1.165, 1.54) is 54.5 Å². The van der Waals surface area contributed by atoms with Crippen LogP contribution >= 0.6 is 23.1 Å². The van der Waals surface area contributed by atoms with Crippen LogP contribution in [-0.4, -0.2) is 27.9 Å². The van der Waals surface area contributed by atoms with Gasteiger partial charge in [0.2, 0.25) is 11.0 Å². The van der Waals surface area contributed by atoms with E-state index in [1.54, 1.807) is 12.1 Å². The summed E-state index contributed by atoms with van der Waals surface area (Å²) in [5, 5.41) is 15.1. The summed E-state index contributed by atoms with van der Waals surface area (Å²) in [6.45, 7) is 0.557. The molecule has 3 rings (SSSR count). The van der Waals surface area contributed by atoms with Crippen molar-refractivity contribution in [2.45, 2.75) is 49.0 Å². The maximum Gasteiger partial charge on any atom is 0.230 e. The van der Waals surface area contributed by atoms with Crippen molar-refractivity contribution >= 4 is 34.1 Å². The van der Waals surface area contributed by atoms with Gasteiger partial charge in [-0.1, -0.05) is 54.5 Å². The van der Waals surface area contributed by atoms with Crippen LogP contribution in [-0.2, 0) is 11.3 Å². The Morgan fingerprint density at radius 2 is 1.96 bits per heavy atom. The van der Waals surface area contributed by atoms with Crippen LogP contribution in [0.5, 0.6) is 0 Å². The molecule has 1 aromatic heterocycles. The van der Waals surface area contributed by atoms with Crippen LogP contribution in [0.4, 0.5) is 9.52 Å². The number of thioether (sulfide) groups is 1. The van der Waals surface area contributed by atoms with E-state index in [0.29, 0.717) is 23.5 Å². The van der Waals surface area contributed by atoms with Crippen molar-refractivity contribution in [3.05, 3.63) is 35.6 Å². The summed E-state index contributed by atoms with van der Waals surface area (Å²) in [6.07, 6.45) is 5.87. The molecule has 8 heteroatoms. The number of amides is 1. The Kier molecular flexibility index (Phi) is 6.63. The number of nitrogens with one attached hydrogen (secondary N) is 2. The van der Waals surface area contributed by atoms with E-state index < -0.39 is 0 Å². The van der Waals surface area contributed by atoms with Crippen LogP contribution in [0.25, 0.3) is 0 Å². The molecule has 0 bridgehead atoms. The third-order valence-electron chi connectivity index (χ3n) is 4.06. The molecule has 1 aliphatic carbocycles. The molecule has 1 saturated carbocycles. The molecule has 1 amide bonds. The minimum Gasteiger partial charge on any atom is -0.356 e. The molecule has 1 fully saturated rings. The number of anilines is 1. The van der Waals surface area contributed by atoms with E-state index in [-0.39, 0.29) is 11.7 Å². The summed E-state index contributed by atoms with van der Waals surface area (Å²) in [7, 11) is 0. The molecule has 2 N–H and O–H groups in total. The highest BCUT2D eigenvalue weighted by Gasteiger charge is 2.16. The zero-order valence-electron chi connectivity index (χ0n) is 13.8. The molecule has 1 aliphatic rings. The summed E-state index contributed by atoms with van der Waals surface area (Å²) in [6, 6.07) is 6.67.